The average molecular weight is 444 g/mol. The molecule has 1 aromatic carbocycles. The van der Waals surface area contributed by atoms with Gasteiger partial charge in [-0.2, -0.15) is 5.10 Å². The van der Waals surface area contributed by atoms with Crippen molar-refractivity contribution in [2.75, 3.05) is 42.5 Å². The minimum absolute atomic E-state index is 0.00464. The van der Waals surface area contributed by atoms with Gasteiger partial charge in [0.1, 0.15) is 0 Å². The molecular weight excluding hydrogens is 422 g/mol. The summed E-state index contributed by atoms with van der Waals surface area (Å²) in [5.74, 6) is 0.636. The molecular formula is C20H22BrN5O2. The number of anilines is 2. The maximum Gasteiger partial charge on any atom is 0.228 e. The number of nitrogens with zero attached hydrogens (tertiary/aromatic N) is 5. The molecule has 0 spiro atoms. The van der Waals surface area contributed by atoms with Crippen molar-refractivity contribution >= 4 is 39.2 Å². The largest absolute Gasteiger partial charge is 0.352 e. The molecule has 1 unspecified atom stereocenters. The van der Waals surface area contributed by atoms with Crippen LogP contribution in [0.1, 0.15) is 12.1 Å². The summed E-state index contributed by atoms with van der Waals surface area (Å²) < 4.78 is 0.919. The lowest BCUT2D eigenvalue weighted by atomic mass is 10.1. The van der Waals surface area contributed by atoms with Crippen molar-refractivity contribution in [3.63, 3.8) is 0 Å². The van der Waals surface area contributed by atoms with Gasteiger partial charge >= 0.3 is 0 Å². The summed E-state index contributed by atoms with van der Waals surface area (Å²) >= 11 is 3.44. The van der Waals surface area contributed by atoms with E-state index < -0.39 is 0 Å². The second-order valence-electron chi connectivity index (χ2n) is 7.23. The van der Waals surface area contributed by atoms with Crippen LogP contribution >= 0.6 is 15.9 Å². The lowest BCUT2D eigenvalue weighted by Crippen LogP contribution is -2.51. The van der Waals surface area contributed by atoms with Gasteiger partial charge in [-0.25, -0.2) is 0 Å². The summed E-state index contributed by atoms with van der Waals surface area (Å²) in [5, 5.41) is 8.33. The summed E-state index contributed by atoms with van der Waals surface area (Å²) in [6.45, 7) is 5.07. The van der Waals surface area contributed by atoms with Gasteiger partial charge in [0.15, 0.2) is 5.82 Å². The Morgan fingerprint density at radius 1 is 1.11 bits per heavy atom. The fourth-order valence-electron chi connectivity index (χ4n) is 3.74. The SMILES string of the molecule is Cc1ccc(N2CCN(C(=O)C3CC(=O)N(c4cccc(Br)c4)C3)CC2)nn1. The highest BCUT2D eigenvalue weighted by Gasteiger charge is 2.38. The van der Waals surface area contributed by atoms with Gasteiger partial charge in [-0.05, 0) is 37.3 Å². The molecule has 2 fully saturated rings. The van der Waals surface area contributed by atoms with Gasteiger partial charge in [-0.1, -0.05) is 22.0 Å². The highest BCUT2D eigenvalue weighted by Crippen LogP contribution is 2.28. The van der Waals surface area contributed by atoms with Crippen LogP contribution in [0.5, 0.6) is 0 Å². The molecule has 8 heteroatoms. The van der Waals surface area contributed by atoms with Crippen molar-refractivity contribution in [1.82, 2.24) is 15.1 Å². The molecule has 2 aliphatic rings. The third kappa shape index (κ3) is 3.87. The Morgan fingerprint density at radius 3 is 2.57 bits per heavy atom. The van der Waals surface area contributed by atoms with Crippen molar-refractivity contribution in [2.45, 2.75) is 13.3 Å². The predicted octanol–water partition coefficient (Wildman–Crippen LogP) is 2.25. The summed E-state index contributed by atoms with van der Waals surface area (Å²) in [7, 11) is 0. The van der Waals surface area contributed by atoms with E-state index in [4.69, 9.17) is 0 Å². The van der Waals surface area contributed by atoms with Crippen LogP contribution in [-0.4, -0.2) is 59.6 Å². The molecule has 2 amide bonds. The fourth-order valence-corrected chi connectivity index (χ4v) is 4.13. The topological polar surface area (TPSA) is 69.6 Å². The smallest absolute Gasteiger partial charge is 0.228 e. The van der Waals surface area contributed by atoms with Crippen molar-refractivity contribution in [3.05, 3.63) is 46.6 Å². The number of carbonyl (C=O) groups excluding carboxylic acids is 2. The zero-order valence-electron chi connectivity index (χ0n) is 15.7. The normalized spacial score (nSPS) is 20.0. The highest BCUT2D eigenvalue weighted by atomic mass is 79.9. The molecule has 1 aromatic heterocycles. The van der Waals surface area contributed by atoms with Gasteiger partial charge in [0.05, 0.1) is 11.6 Å². The van der Waals surface area contributed by atoms with Crippen LogP contribution in [0.3, 0.4) is 0 Å². The Balaban J connectivity index is 1.36. The third-order valence-corrected chi connectivity index (χ3v) is 5.79. The summed E-state index contributed by atoms with van der Waals surface area (Å²) in [6.07, 6.45) is 0.273. The molecule has 2 aromatic rings. The second kappa shape index (κ2) is 7.87. The molecule has 28 heavy (non-hydrogen) atoms. The van der Waals surface area contributed by atoms with E-state index in [1.807, 2.05) is 48.2 Å². The van der Waals surface area contributed by atoms with Crippen molar-refractivity contribution in [3.8, 4) is 0 Å². The van der Waals surface area contributed by atoms with E-state index in [-0.39, 0.29) is 24.2 Å². The maximum absolute atomic E-state index is 13.0. The second-order valence-corrected chi connectivity index (χ2v) is 8.15. The standard InChI is InChI=1S/C20H22BrN5O2/c1-14-5-6-18(23-22-14)24-7-9-25(10-8-24)20(28)15-11-19(27)26(13-15)17-4-2-3-16(21)12-17/h2-6,12,15H,7-11,13H2,1H3. The van der Waals surface area contributed by atoms with Crippen LogP contribution in [0.4, 0.5) is 11.5 Å². The van der Waals surface area contributed by atoms with Gasteiger partial charge in [-0.15, -0.1) is 5.10 Å². The minimum atomic E-state index is -0.280. The number of halogens is 1. The van der Waals surface area contributed by atoms with E-state index in [9.17, 15) is 9.59 Å². The summed E-state index contributed by atoms with van der Waals surface area (Å²) in [4.78, 5) is 31.2. The van der Waals surface area contributed by atoms with Crippen LogP contribution < -0.4 is 9.80 Å². The molecule has 4 rings (SSSR count). The van der Waals surface area contributed by atoms with Gasteiger partial charge in [0.2, 0.25) is 11.8 Å². The number of aromatic nitrogens is 2. The quantitative estimate of drug-likeness (QED) is 0.727. The van der Waals surface area contributed by atoms with Crippen molar-refractivity contribution in [1.29, 1.82) is 0 Å². The van der Waals surface area contributed by atoms with Crippen LogP contribution in [-0.2, 0) is 9.59 Å². The van der Waals surface area contributed by atoms with E-state index >= 15 is 0 Å². The van der Waals surface area contributed by atoms with Crippen LogP contribution in [0, 0.1) is 12.8 Å². The number of amides is 2. The van der Waals surface area contributed by atoms with Gasteiger partial charge < -0.3 is 14.7 Å². The Labute approximate surface area is 172 Å². The number of carbonyl (C=O) groups is 2. The molecule has 0 N–H and O–H groups in total. The Hall–Kier alpha value is -2.48. The van der Waals surface area contributed by atoms with Crippen LogP contribution in [0.2, 0.25) is 0 Å². The molecule has 7 nitrogen and oxygen atoms in total. The predicted molar refractivity (Wildman–Crippen MR) is 110 cm³/mol. The average Bonchev–Trinajstić information content (AvgIpc) is 3.10. The number of rotatable bonds is 3. The molecule has 3 heterocycles. The van der Waals surface area contributed by atoms with Gasteiger partial charge in [0, 0.05) is 49.3 Å². The first kappa shape index (κ1) is 18.9. The number of benzene rings is 1. The Kier molecular flexibility index (Phi) is 5.30. The molecule has 2 aliphatic heterocycles. The lowest BCUT2D eigenvalue weighted by molar-refractivity contribution is -0.136. The zero-order valence-corrected chi connectivity index (χ0v) is 17.3. The molecule has 146 valence electrons. The Morgan fingerprint density at radius 2 is 1.89 bits per heavy atom. The lowest BCUT2D eigenvalue weighted by Gasteiger charge is -2.36. The summed E-state index contributed by atoms with van der Waals surface area (Å²) in [6, 6.07) is 11.5. The first-order valence-corrected chi connectivity index (χ1v) is 10.2. The number of aryl methyl sites for hydroxylation is 1. The van der Waals surface area contributed by atoms with Crippen LogP contribution in [0.25, 0.3) is 0 Å². The number of piperazine rings is 1. The molecule has 0 aliphatic carbocycles. The van der Waals surface area contributed by atoms with E-state index in [0.29, 0.717) is 19.6 Å². The first-order valence-electron chi connectivity index (χ1n) is 9.41. The van der Waals surface area contributed by atoms with E-state index in [1.165, 1.54) is 0 Å². The number of hydrogen-bond donors (Lipinski definition) is 0. The van der Waals surface area contributed by atoms with Crippen LogP contribution in [0.15, 0.2) is 40.9 Å². The highest BCUT2D eigenvalue weighted by molar-refractivity contribution is 9.10. The third-order valence-electron chi connectivity index (χ3n) is 5.29. The molecule has 2 saturated heterocycles. The maximum atomic E-state index is 13.0. The first-order chi connectivity index (χ1) is 13.5. The summed E-state index contributed by atoms with van der Waals surface area (Å²) in [5.41, 5.74) is 1.72. The van der Waals surface area contributed by atoms with E-state index in [1.54, 1.807) is 4.90 Å². The van der Waals surface area contributed by atoms with E-state index in [2.05, 4.69) is 31.0 Å². The van der Waals surface area contributed by atoms with Crippen molar-refractivity contribution < 1.29 is 9.59 Å². The van der Waals surface area contributed by atoms with Gasteiger partial charge in [-0.3, -0.25) is 9.59 Å². The monoisotopic (exact) mass is 443 g/mol. The Bertz CT molecular complexity index is 880. The minimum Gasteiger partial charge on any atom is -0.352 e. The number of hydrogen-bond acceptors (Lipinski definition) is 5. The molecule has 0 radical (unpaired) electrons. The zero-order chi connectivity index (χ0) is 19.7. The van der Waals surface area contributed by atoms with E-state index in [0.717, 1.165) is 34.8 Å². The van der Waals surface area contributed by atoms with Gasteiger partial charge in [0.25, 0.3) is 0 Å². The molecule has 0 saturated carbocycles. The molecule has 1 atom stereocenters. The van der Waals surface area contributed by atoms with Crippen molar-refractivity contribution in [2.24, 2.45) is 5.92 Å². The fraction of sp³-hybridized carbons (Fsp3) is 0.400. The molecule has 0 bridgehead atoms.